The van der Waals surface area contributed by atoms with Crippen LogP contribution in [0.5, 0.6) is 5.75 Å². The summed E-state index contributed by atoms with van der Waals surface area (Å²) in [6, 6.07) is 9.84. The third-order valence-corrected chi connectivity index (χ3v) is 2.92. The van der Waals surface area contributed by atoms with Gasteiger partial charge in [-0.1, -0.05) is 12.1 Å². The van der Waals surface area contributed by atoms with Gasteiger partial charge in [0.05, 0.1) is 24.0 Å². The number of hydrogen-bond donors (Lipinski definition) is 2. The van der Waals surface area contributed by atoms with E-state index < -0.39 is 0 Å². The van der Waals surface area contributed by atoms with Crippen molar-refractivity contribution in [2.75, 3.05) is 17.7 Å². The van der Waals surface area contributed by atoms with Crippen molar-refractivity contribution in [3.05, 3.63) is 48.3 Å². The van der Waals surface area contributed by atoms with Crippen molar-refractivity contribution in [3.8, 4) is 5.75 Å². The molecular weight excluding hydrogens is 238 g/mol. The molecule has 1 atom stereocenters. The molecular formula is C15H19N3O. The summed E-state index contributed by atoms with van der Waals surface area (Å²) in [6.45, 7) is 4.62. The van der Waals surface area contributed by atoms with Crippen LogP contribution in [-0.2, 0) is 0 Å². The molecule has 0 saturated heterocycles. The molecule has 0 fully saturated rings. The maximum atomic E-state index is 6.09. The van der Waals surface area contributed by atoms with Gasteiger partial charge >= 0.3 is 0 Å². The minimum Gasteiger partial charge on any atom is -0.492 e. The van der Waals surface area contributed by atoms with E-state index in [1.54, 1.807) is 6.20 Å². The van der Waals surface area contributed by atoms with Crippen LogP contribution < -0.4 is 15.8 Å². The summed E-state index contributed by atoms with van der Waals surface area (Å²) in [7, 11) is 0. The number of ether oxygens (including phenoxy) is 1. The SMILES string of the molecule is CCOc1cccc(NC(C)c2cccnc2)c1N. The summed E-state index contributed by atoms with van der Waals surface area (Å²) in [5.74, 6) is 0.714. The van der Waals surface area contributed by atoms with Gasteiger partial charge < -0.3 is 15.8 Å². The van der Waals surface area contributed by atoms with Gasteiger partial charge in [0.25, 0.3) is 0 Å². The fraction of sp³-hybridized carbons (Fsp3) is 0.267. The van der Waals surface area contributed by atoms with E-state index in [4.69, 9.17) is 10.5 Å². The third kappa shape index (κ3) is 3.16. The molecule has 0 aliphatic heterocycles. The summed E-state index contributed by atoms with van der Waals surface area (Å²) in [5.41, 5.74) is 8.72. The molecule has 0 bridgehead atoms. The fourth-order valence-corrected chi connectivity index (χ4v) is 1.90. The summed E-state index contributed by atoms with van der Waals surface area (Å²) in [6.07, 6.45) is 3.61. The molecule has 0 aliphatic rings. The lowest BCUT2D eigenvalue weighted by molar-refractivity contribution is 0.342. The second kappa shape index (κ2) is 6.09. The molecule has 19 heavy (non-hydrogen) atoms. The normalized spacial score (nSPS) is 11.9. The molecule has 3 N–H and O–H groups in total. The average molecular weight is 257 g/mol. The molecule has 100 valence electrons. The van der Waals surface area contributed by atoms with Gasteiger partial charge in [0.1, 0.15) is 5.75 Å². The molecule has 2 rings (SSSR count). The second-order valence-electron chi connectivity index (χ2n) is 4.30. The van der Waals surface area contributed by atoms with Gasteiger partial charge in [-0.05, 0) is 37.6 Å². The number of hydrogen-bond acceptors (Lipinski definition) is 4. The highest BCUT2D eigenvalue weighted by Crippen LogP contribution is 2.31. The van der Waals surface area contributed by atoms with Gasteiger partial charge in [0.2, 0.25) is 0 Å². The summed E-state index contributed by atoms with van der Waals surface area (Å²) >= 11 is 0. The molecule has 1 aromatic heterocycles. The number of benzene rings is 1. The minimum absolute atomic E-state index is 0.132. The number of aromatic nitrogens is 1. The van der Waals surface area contributed by atoms with Crippen molar-refractivity contribution in [2.24, 2.45) is 0 Å². The van der Waals surface area contributed by atoms with Crippen molar-refractivity contribution >= 4 is 11.4 Å². The van der Waals surface area contributed by atoms with E-state index in [2.05, 4.69) is 17.2 Å². The van der Waals surface area contributed by atoms with Crippen molar-refractivity contribution in [1.29, 1.82) is 0 Å². The third-order valence-electron chi connectivity index (χ3n) is 2.92. The molecule has 4 nitrogen and oxygen atoms in total. The van der Waals surface area contributed by atoms with Crippen LogP contribution in [0.1, 0.15) is 25.5 Å². The number of pyridine rings is 1. The zero-order chi connectivity index (χ0) is 13.7. The first-order valence-electron chi connectivity index (χ1n) is 6.40. The Bertz CT molecular complexity index is 528. The van der Waals surface area contributed by atoms with Crippen molar-refractivity contribution in [2.45, 2.75) is 19.9 Å². The van der Waals surface area contributed by atoms with E-state index >= 15 is 0 Å². The highest BCUT2D eigenvalue weighted by atomic mass is 16.5. The standard InChI is InChI=1S/C15H19N3O/c1-3-19-14-8-4-7-13(15(14)16)18-11(2)12-6-5-9-17-10-12/h4-11,18H,3,16H2,1-2H3. The Hall–Kier alpha value is -2.23. The number of nitrogens with two attached hydrogens (primary N) is 1. The van der Waals surface area contributed by atoms with Crippen LogP contribution in [0.15, 0.2) is 42.7 Å². The summed E-state index contributed by atoms with van der Waals surface area (Å²) < 4.78 is 5.49. The fourth-order valence-electron chi connectivity index (χ4n) is 1.90. The van der Waals surface area contributed by atoms with Crippen molar-refractivity contribution in [3.63, 3.8) is 0 Å². The molecule has 2 aromatic rings. The predicted octanol–water partition coefficient (Wildman–Crippen LogP) is 3.24. The lowest BCUT2D eigenvalue weighted by Crippen LogP contribution is -2.09. The van der Waals surface area contributed by atoms with Gasteiger partial charge in [-0.15, -0.1) is 0 Å². The van der Waals surface area contributed by atoms with Crippen molar-refractivity contribution < 1.29 is 4.74 Å². The minimum atomic E-state index is 0.132. The van der Waals surface area contributed by atoms with E-state index in [1.165, 1.54) is 0 Å². The Kier molecular flexibility index (Phi) is 4.23. The Balaban J connectivity index is 2.17. The number of para-hydroxylation sites is 1. The molecule has 0 aliphatic carbocycles. The molecule has 0 spiro atoms. The van der Waals surface area contributed by atoms with E-state index in [0.29, 0.717) is 18.0 Å². The monoisotopic (exact) mass is 257 g/mol. The first-order valence-corrected chi connectivity index (χ1v) is 6.40. The van der Waals surface area contributed by atoms with Crippen LogP contribution in [0.4, 0.5) is 11.4 Å². The topological polar surface area (TPSA) is 60.2 Å². The van der Waals surface area contributed by atoms with Crippen LogP contribution in [-0.4, -0.2) is 11.6 Å². The molecule has 0 amide bonds. The summed E-state index contributed by atoms with van der Waals surface area (Å²) in [4.78, 5) is 4.12. The molecule has 0 saturated carbocycles. The van der Waals surface area contributed by atoms with Crippen LogP contribution in [0, 0.1) is 0 Å². The highest BCUT2D eigenvalue weighted by Gasteiger charge is 2.10. The number of nitrogens with zero attached hydrogens (tertiary/aromatic N) is 1. The van der Waals surface area contributed by atoms with Gasteiger partial charge in [-0.3, -0.25) is 4.98 Å². The summed E-state index contributed by atoms with van der Waals surface area (Å²) in [5, 5.41) is 3.38. The molecule has 1 unspecified atom stereocenters. The first kappa shape index (κ1) is 13.2. The largest absolute Gasteiger partial charge is 0.492 e. The smallest absolute Gasteiger partial charge is 0.144 e. The van der Waals surface area contributed by atoms with Crippen LogP contribution in [0.3, 0.4) is 0 Å². The lowest BCUT2D eigenvalue weighted by atomic mass is 10.1. The van der Waals surface area contributed by atoms with E-state index in [-0.39, 0.29) is 6.04 Å². The number of nitrogen functional groups attached to an aromatic ring is 1. The molecule has 0 radical (unpaired) electrons. The number of anilines is 2. The van der Waals surface area contributed by atoms with E-state index in [0.717, 1.165) is 11.3 Å². The predicted molar refractivity (Wildman–Crippen MR) is 78.3 cm³/mol. The number of nitrogens with one attached hydrogen (secondary N) is 1. The maximum absolute atomic E-state index is 6.09. The Labute approximate surface area is 113 Å². The average Bonchev–Trinajstić information content (AvgIpc) is 2.44. The Morgan fingerprint density at radius 2 is 2.16 bits per heavy atom. The highest BCUT2D eigenvalue weighted by molar-refractivity contribution is 5.73. The van der Waals surface area contributed by atoms with E-state index in [1.807, 2.05) is 43.5 Å². The Morgan fingerprint density at radius 3 is 2.84 bits per heavy atom. The molecule has 1 aromatic carbocycles. The van der Waals surface area contributed by atoms with Crippen LogP contribution in [0.25, 0.3) is 0 Å². The van der Waals surface area contributed by atoms with Crippen LogP contribution in [0.2, 0.25) is 0 Å². The zero-order valence-corrected chi connectivity index (χ0v) is 11.3. The van der Waals surface area contributed by atoms with Crippen molar-refractivity contribution in [1.82, 2.24) is 4.98 Å². The zero-order valence-electron chi connectivity index (χ0n) is 11.3. The van der Waals surface area contributed by atoms with E-state index in [9.17, 15) is 0 Å². The van der Waals surface area contributed by atoms with Gasteiger partial charge in [0.15, 0.2) is 0 Å². The molecule has 1 heterocycles. The first-order chi connectivity index (χ1) is 9.22. The second-order valence-corrected chi connectivity index (χ2v) is 4.30. The molecule has 4 heteroatoms. The maximum Gasteiger partial charge on any atom is 0.144 e. The van der Waals surface area contributed by atoms with Gasteiger partial charge in [-0.25, -0.2) is 0 Å². The Morgan fingerprint density at radius 1 is 1.32 bits per heavy atom. The quantitative estimate of drug-likeness (QED) is 0.807. The van der Waals surface area contributed by atoms with Gasteiger partial charge in [0, 0.05) is 12.4 Å². The van der Waals surface area contributed by atoms with Gasteiger partial charge in [-0.2, -0.15) is 0 Å². The lowest BCUT2D eigenvalue weighted by Gasteiger charge is -2.18. The van der Waals surface area contributed by atoms with Crippen LogP contribution >= 0.6 is 0 Å². The number of rotatable bonds is 5.